The normalized spacial score (nSPS) is 13.1. The van der Waals surface area contributed by atoms with Gasteiger partial charge in [0.05, 0.1) is 18.5 Å². The summed E-state index contributed by atoms with van der Waals surface area (Å²) in [5, 5.41) is 26.1. The minimum absolute atomic E-state index is 0.000101. The largest absolute Gasteiger partial charge is 0.465 e. The molecule has 16 heteroatoms. The lowest BCUT2D eigenvalue weighted by Crippen LogP contribution is -2.54. The lowest BCUT2D eigenvalue weighted by atomic mass is 9.82. The molecule has 0 aliphatic rings. The maximum atomic E-state index is 15.1. The Morgan fingerprint density at radius 3 is 2.24 bits per heavy atom. The van der Waals surface area contributed by atoms with Gasteiger partial charge in [-0.2, -0.15) is 0 Å². The number of carboxylic acid groups (broad SMARTS) is 1. The van der Waals surface area contributed by atoms with E-state index in [1.54, 1.807) is 12.3 Å². The van der Waals surface area contributed by atoms with E-state index in [1.807, 2.05) is 55.7 Å². The van der Waals surface area contributed by atoms with Crippen molar-refractivity contribution in [1.29, 1.82) is 0 Å². The molecule has 1 heterocycles. The minimum atomic E-state index is -1.38. The van der Waals surface area contributed by atoms with Crippen molar-refractivity contribution in [1.82, 2.24) is 25.4 Å². The number of benzene rings is 2. The second-order valence-corrected chi connectivity index (χ2v) is 13.1. The van der Waals surface area contributed by atoms with Crippen LogP contribution in [0, 0.1) is 17.0 Å². The first-order valence-electron chi connectivity index (χ1n) is 16.2. The van der Waals surface area contributed by atoms with Gasteiger partial charge in [0.1, 0.15) is 24.3 Å². The number of halogens is 2. The fourth-order valence-electron chi connectivity index (χ4n) is 5.70. The van der Waals surface area contributed by atoms with Crippen molar-refractivity contribution < 1.29 is 43.0 Å². The molecule has 276 valence electrons. The molecule has 0 unspecified atom stereocenters. The summed E-state index contributed by atoms with van der Waals surface area (Å²) in [4.78, 5) is 63.3. The van der Waals surface area contributed by atoms with Gasteiger partial charge in [0.2, 0.25) is 23.6 Å². The third kappa shape index (κ3) is 11.6. The van der Waals surface area contributed by atoms with Gasteiger partial charge in [0.25, 0.3) is 0 Å². The smallest absolute Gasteiger partial charge is 0.404 e. The monoisotopic (exact) mass is 713 g/mol. The molecule has 9 N–H and O–H groups in total. The molecule has 3 atom stereocenters. The standard InChI is InChI=1S/C35H45F2N7O7/c1-35(2,3)31(28-15-22(24-16-23(36)9-10-25(24)37)19-43(28)18-21-7-5-4-6-8-21)44(30(47)20-45)14-11-27(33(49)40-12-13-41-34(50)51)42-32(48)26(38)17-29(39)46/h4-10,15-16,19,26-27,31,41,45H,11-14,17-18,20,38H2,1-3H3,(H2,39,46)(H,40,49)(H,42,48)(H,50,51)/t26-,27-,31-/m0/s1. The van der Waals surface area contributed by atoms with Crippen molar-refractivity contribution in [2.45, 2.75) is 58.3 Å². The number of hydrogen-bond donors (Lipinski definition) is 7. The van der Waals surface area contributed by atoms with Gasteiger partial charge in [-0.3, -0.25) is 19.2 Å². The van der Waals surface area contributed by atoms with Crippen LogP contribution < -0.4 is 27.4 Å². The van der Waals surface area contributed by atoms with Crippen LogP contribution in [0.2, 0.25) is 0 Å². The summed E-state index contributed by atoms with van der Waals surface area (Å²) < 4.78 is 31.2. The molecule has 0 aliphatic heterocycles. The van der Waals surface area contributed by atoms with Crippen LogP contribution in [0.5, 0.6) is 0 Å². The number of carbonyl (C=O) groups is 5. The number of amides is 5. The van der Waals surface area contributed by atoms with E-state index in [-0.39, 0.29) is 38.2 Å². The highest BCUT2D eigenvalue weighted by atomic mass is 19.1. The summed E-state index contributed by atoms with van der Waals surface area (Å²) in [7, 11) is 0. The third-order valence-corrected chi connectivity index (χ3v) is 7.98. The van der Waals surface area contributed by atoms with Crippen molar-refractivity contribution in [2.75, 3.05) is 26.2 Å². The molecule has 1 aromatic heterocycles. The fourth-order valence-corrected chi connectivity index (χ4v) is 5.70. The van der Waals surface area contributed by atoms with Gasteiger partial charge in [-0.05, 0) is 41.7 Å². The van der Waals surface area contributed by atoms with Crippen LogP contribution >= 0.6 is 0 Å². The minimum Gasteiger partial charge on any atom is -0.465 e. The Labute approximate surface area is 294 Å². The number of nitrogens with one attached hydrogen (secondary N) is 3. The van der Waals surface area contributed by atoms with Crippen molar-refractivity contribution in [2.24, 2.45) is 16.9 Å². The van der Waals surface area contributed by atoms with E-state index in [2.05, 4.69) is 16.0 Å². The molecule has 0 spiro atoms. The second kappa shape index (κ2) is 18.1. The van der Waals surface area contributed by atoms with E-state index in [4.69, 9.17) is 16.6 Å². The zero-order valence-corrected chi connectivity index (χ0v) is 28.7. The Kier molecular flexibility index (Phi) is 14.2. The Bertz CT molecular complexity index is 1700. The SMILES string of the molecule is CC(C)(C)[C@H](c1cc(-c2cc(F)ccc2F)cn1Cc1ccccc1)N(CC[C@H](NC(=O)[C@@H](N)CC(N)=O)C(=O)NCCNC(=O)O)C(=O)CO. The number of aromatic nitrogens is 1. The number of nitrogens with zero attached hydrogens (tertiary/aromatic N) is 2. The van der Waals surface area contributed by atoms with E-state index in [1.165, 1.54) is 4.90 Å². The third-order valence-electron chi connectivity index (χ3n) is 7.98. The topological polar surface area (TPSA) is 222 Å². The Morgan fingerprint density at radius 2 is 1.63 bits per heavy atom. The number of carbonyl (C=O) groups excluding carboxylic acids is 4. The molecule has 2 aromatic carbocycles. The number of aliphatic hydroxyl groups excluding tert-OH is 1. The van der Waals surface area contributed by atoms with Crippen molar-refractivity contribution in [3.8, 4) is 11.1 Å². The van der Waals surface area contributed by atoms with Gasteiger partial charge in [-0.1, -0.05) is 51.1 Å². The van der Waals surface area contributed by atoms with Crippen molar-refractivity contribution in [3.05, 3.63) is 83.7 Å². The summed E-state index contributed by atoms with van der Waals surface area (Å²) in [5.74, 6) is -4.48. The number of primary amides is 1. The van der Waals surface area contributed by atoms with Crippen LogP contribution in [-0.2, 0) is 25.7 Å². The summed E-state index contributed by atoms with van der Waals surface area (Å²) >= 11 is 0. The Hall–Kier alpha value is -5.35. The highest BCUT2D eigenvalue weighted by Crippen LogP contribution is 2.41. The molecular formula is C35H45F2N7O7. The summed E-state index contributed by atoms with van der Waals surface area (Å²) in [6.45, 7) is 4.43. The van der Waals surface area contributed by atoms with Gasteiger partial charge in [-0.25, -0.2) is 13.6 Å². The molecule has 0 saturated heterocycles. The second-order valence-electron chi connectivity index (χ2n) is 13.1. The first-order valence-corrected chi connectivity index (χ1v) is 16.2. The zero-order chi connectivity index (χ0) is 37.9. The predicted octanol–water partition coefficient (Wildman–Crippen LogP) is 1.85. The Balaban J connectivity index is 2.07. The summed E-state index contributed by atoms with van der Waals surface area (Å²) in [6.07, 6.45) is -0.368. The first kappa shape index (κ1) is 40.1. The molecule has 51 heavy (non-hydrogen) atoms. The number of nitrogens with two attached hydrogens (primary N) is 2. The lowest BCUT2D eigenvalue weighted by molar-refractivity contribution is -0.140. The van der Waals surface area contributed by atoms with Crippen LogP contribution in [0.4, 0.5) is 13.6 Å². The lowest BCUT2D eigenvalue weighted by Gasteiger charge is -2.41. The average Bonchev–Trinajstić information content (AvgIpc) is 3.46. The van der Waals surface area contributed by atoms with E-state index in [0.29, 0.717) is 11.3 Å². The highest BCUT2D eigenvalue weighted by molar-refractivity contribution is 5.92. The molecule has 0 radical (unpaired) electrons. The molecular weight excluding hydrogens is 668 g/mol. The number of aliphatic hydroxyl groups is 1. The summed E-state index contributed by atoms with van der Waals surface area (Å²) in [6, 6.07) is 10.5. The molecule has 0 bridgehead atoms. The quantitative estimate of drug-likeness (QED) is 0.102. The number of rotatable bonds is 17. The molecule has 0 fully saturated rings. The molecule has 3 aromatic rings. The van der Waals surface area contributed by atoms with Crippen LogP contribution in [0.1, 0.15) is 50.9 Å². The first-order chi connectivity index (χ1) is 24.0. The van der Waals surface area contributed by atoms with Crippen LogP contribution in [0.3, 0.4) is 0 Å². The van der Waals surface area contributed by atoms with Crippen LogP contribution in [0.25, 0.3) is 11.1 Å². The maximum Gasteiger partial charge on any atom is 0.404 e. The van der Waals surface area contributed by atoms with E-state index in [9.17, 15) is 33.5 Å². The van der Waals surface area contributed by atoms with Gasteiger partial charge < -0.3 is 47.1 Å². The number of hydrogen-bond acceptors (Lipinski definition) is 7. The van der Waals surface area contributed by atoms with E-state index in [0.717, 1.165) is 23.8 Å². The van der Waals surface area contributed by atoms with Crippen molar-refractivity contribution >= 4 is 29.7 Å². The van der Waals surface area contributed by atoms with Gasteiger partial charge in [0.15, 0.2) is 0 Å². The zero-order valence-electron chi connectivity index (χ0n) is 28.7. The van der Waals surface area contributed by atoms with Crippen molar-refractivity contribution in [3.63, 3.8) is 0 Å². The average molecular weight is 714 g/mol. The molecule has 14 nitrogen and oxygen atoms in total. The molecule has 5 amide bonds. The van der Waals surface area contributed by atoms with Crippen LogP contribution in [0.15, 0.2) is 60.8 Å². The maximum absolute atomic E-state index is 15.1. The van der Waals surface area contributed by atoms with Gasteiger partial charge in [0, 0.05) is 49.2 Å². The predicted molar refractivity (Wildman–Crippen MR) is 184 cm³/mol. The Morgan fingerprint density at radius 1 is 0.961 bits per heavy atom. The summed E-state index contributed by atoms with van der Waals surface area (Å²) in [5.41, 5.74) is 11.9. The molecule has 0 aliphatic carbocycles. The highest BCUT2D eigenvalue weighted by Gasteiger charge is 2.38. The molecule has 0 saturated carbocycles. The van der Waals surface area contributed by atoms with Gasteiger partial charge in [-0.15, -0.1) is 0 Å². The van der Waals surface area contributed by atoms with E-state index < -0.39 is 77.9 Å². The fraction of sp³-hybridized carbons (Fsp3) is 0.400. The van der Waals surface area contributed by atoms with E-state index >= 15 is 4.39 Å². The van der Waals surface area contributed by atoms with Gasteiger partial charge >= 0.3 is 6.09 Å². The molecule has 3 rings (SSSR count). The van der Waals surface area contributed by atoms with Crippen LogP contribution in [-0.4, -0.2) is 87.7 Å².